The summed E-state index contributed by atoms with van der Waals surface area (Å²) >= 11 is 1.77. The van der Waals surface area contributed by atoms with Crippen LogP contribution in [0, 0.1) is 0 Å². The van der Waals surface area contributed by atoms with E-state index in [1.807, 2.05) is 6.07 Å². The van der Waals surface area contributed by atoms with Gasteiger partial charge < -0.3 is 10.6 Å². The normalized spacial score (nSPS) is 14.7. The third-order valence-electron chi connectivity index (χ3n) is 3.27. The number of hydrogen-bond acceptors (Lipinski definition) is 3. The van der Waals surface area contributed by atoms with Gasteiger partial charge in [0, 0.05) is 24.5 Å². The van der Waals surface area contributed by atoms with Crippen LogP contribution < -0.4 is 10.6 Å². The van der Waals surface area contributed by atoms with Gasteiger partial charge in [0.25, 0.3) is 0 Å². The molecular weight excluding hydrogens is 228 g/mol. The van der Waals surface area contributed by atoms with Crippen molar-refractivity contribution in [1.29, 1.82) is 0 Å². The van der Waals surface area contributed by atoms with Crippen LogP contribution in [0.2, 0.25) is 0 Å². The van der Waals surface area contributed by atoms with E-state index in [4.69, 9.17) is 5.73 Å². The molecule has 1 aliphatic heterocycles. The Bertz CT molecular complexity index is 505. The molecule has 0 unspecified atom stereocenters. The summed E-state index contributed by atoms with van der Waals surface area (Å²) in [7, 11) is 0. The van der Waals surface area contributed by atoms with E-state index in [1.165, 1.54) is 23.2 Å². The van der Waals surface area contributed by atoms with E-state index in [2.05, 4.69) is 33.9 Å². The van der Waals surface area contributed by atoms with E-state index in [9.17, 15) is 0 Å². The molecule has 2 aromatic rings. The van der Waals surface area contributed by atoms with E-state index in [0.29, 0.717) is 0 Å². The van der Waals surface area contributed by atoms with E-state index in [1.54, 1.807) is 11.3 Å². The van der Waals surface area contributed by atoms with Crippen molar-refractivity contribution in [2.24, 2.45) is 0 Å². The quantitative estimate of drug-likeness (QED) is 0.821. The molecule has 0 aliphatic carbocycles. The van der Waals surface area contributed by atoms with Crippen LogP contribution in [0.25, 0.3) is 0 Å². The van der Waals surface area contributed by atoms with Gasteiger partial charge in [-0.1, -0.05) is 0 Å². The van der Waals surface area contributed by atoms with Crippen LogP contribution in [0.3, 0.4) is 0 Å². The largest absolute Gasteiger partial charge is 0.399 e. The van der Waals surface area contributed by atoms with Gasteiger partial charge >= 0.3 is 0 Å². The first-order valence-corrected chi connectivity index (χ1v) is 6.91. The molecule has 3 heteroatoms. The average Bonchev–Trinajstić information content (AvgIpc) is 2.82. The standard InChI is InChI=1S/C14H16N2S/c15-13-3-4-14-12(8-13)2-1-6-16(14)9-11-5-7-17-10-11/h3-5,7-8,10H,1-2,6,9,15H2. The molecule has 2 nitrogen and oxygen atoms in total. The summed E-state index contributed by atoms with van der Waals surface area (Å²) in [5.74, 6) is 0. The van der Waals surface area contributed by atoms with Crippen LogP contribution >= 0.6 is 11.3 Å². The van der Waals surface area contributed by atoms with Gasteiger partial charge in [0.1, 0.15) is 0 Å². The molecular formula is C14H16N2S. The highest BCUT2D eigenvalue weighted by Crippen LogP contribution is 2.30. The lowest BCUT2D eigenvalue weighted by atomic mass is 10.0. The average molecular weight is 244 g/mol. The first-order valence-electron chi connectivity index (χ1n) is 5.97. The van der Waals surface area contributed by atoms with Crippen molar-refractivity contribution in [3.63, 3.8) is 0 Å². The highest BCUT2D eigenvalue weighted by Gasteiger charge is 2.16. The number of nitrogens with two attached hydrogens (primary N) is 1. The number of fused-ring (bicyclic) bond motifs is 1. The smallest absolute Gasteiger partial charge is 0.0437 e. The van der Waals surface area contributed by atoms with Crippen LogP contribution in [-0.4, -0.2) is 6.54 Å². The number of anilines is 2. The first kappa shape index (κ1) is 10.7. The van der Waals surface area contributed by atoms with Gasteiger partial charge in [-0.05, 0) is 59.0 Å². The second kappa shape index (κ2) is 4.41. The molecule has 1 aromatic heterocycles. The number of rotatable bonds is 2. The molecule has 0 fully saturated rings. The summed E-state index contributed by atoms with van der Waals surface area (Å²) in [6, 6.07) is 8.49. The Morgan fingerprint density at radius 1 is 1.29 bits per heavy atom. The SMILES string of the molecule is Nc1ccc2c(c1)CCCN2Cc1ccsc1. The number of aryl methyl sites for hydroxylation is 1. The number of hydrogen-bond donors (Lipinski definition) is 1. The van der Waals surface area contributed by atoms with Crippen LogP contribution in [0.15, 0.2) is 35.0 Å². The van der Waals surface area contributed by atoms with E-state index < -0.39 is 0 Å². The van der Waals surface area contributed by atoms with Gasteiger partial charge in [-0.2, -0.15) is 11.3 Å². The van der Waals surface area contributed by atoms with Crippen LogP contribution in [0.4, 0.5) is 11.4 Å². The highest BCUT2D eigenvalue weighted by atomic mass is 32.1. The molecule has 0 amide bonds. The second-order valence-electron chi connectivity index (χ2n) is 4.54. The van der Waals surface area contributed by atoms with Crippen LogP contribution in [-0.2, 0) is 13.0 Å². The van der Waals surface area contributed by atoms with Gasteiger partial charge in [-0.25, -0.2) is 0 Å². The maximum absolute atomic E-state index is 5.85. The molecule has 0 saturated carbocycles. The Labute approximate surface area is 106 Å². The zero-order valence-electron chi connectivity index (χ0n) is 9.73. The minimum Gasteiger partial charge on any atom is -0.399 e. The van der Waals surface area contributed by atoms with Crippen molar-refractivity contribution in [2.75, 3.05) is 17.2 Å². The zero-order valence-corrected chi connectivity index (χ0v) is 10.5. The number of nitrogens with zero attached hydrogens (tertiary/aromatic N) is 1. The van der Waals surface area contributed by atoms with Crippen molar-refractivity contribution in [3.8, 4) is 0 Å². The summed E-state index contributed by atoms with van der Waals surface area (Å²) in [5.41, 5.74) is 10.9. The lowest BCUT2D eigenvalue weighted by Crippen LogP contribution is -2.28. The molecule has 17 heavy (non-hydrogen) atoms. The minimum absolute atomic E-state index is 0.876. The molecule has 1 aromatic carbocycles. The third kappa shape index (κ3) is 2.15. The van der Waals surface area contributed by atoms with Gasteiger partial charge in [-0.3, -0.25) is 0 Å². The molecule has 0 atom stereocenters. The maximum atomic E-state index is 5.85. The van der Waals surface area contributed by atoms with Crippen LogP contribution in [0.5, 0.6) is 0 Å². The fourth-order valence-corrected chi connectivity index (χ4v) is 3.12. The monoisotopic (exact) mass is 244 g/mol. The molecule has 88 valence electrons. The zero-order chi connectivity index (χ0) is 11.7. The maximum Gasteiger partial charge on any atom is 0.0437 e. The summed E-state index contributed by atoms with van der Waals surface area (Å²) in [5, 5.41) is 4.37. The fraction of sp³-hybridized carbons (Fsp3) is 0.286. The topological polar surface area (TPSA) is 29.3 Å². The predicted octanol–water partition coefficient (Wildman–Crippen LogP) is 3.28. The Balaban J connectivity index is 1.89. The van der Waals surface area contributed by atoms with E-state index in [-0.39, 0.29) is 0 Å². The Hall–Kier alpha value is -1.48. The van der Waals surface area contributed by atoms with Crippen molar-refractivity contribution in [3.05, 3.63) is 46.2 Å². The summed E-state index contributed by atoms with van der Waals surface area (Å²) in [6.45, 7) is 2.16. The van der Waals surface area contributed by atoms with Crippen molar-refractivity contribution >= 4 is 22.7 Å². The summed E-state index contributed by atoms with van der Waals surface area (Å²) in [4.78, 5) is 2.46. The Kier molecular flexibility index (Phi) is 2.77. The third-order valence-corrected chi connectivity index (χ3v) is 4.00. The Morgan fingerprint density at radius 2 is 2.24 bits per heavy atom. The second-order valence-corrected chi connectivity index (χ2v) is 5.32. The molecule has 0 saturated heterocycles. The number of thiophene rings is 1. The van der Waals surface area contributed by atoms with Gasteiger partial charge in [0.15, 0.2) is 0 Å². The lowest BCUT2D eigenvalue weighted by molar-refractivity contribution is 0.692. The number of benzene rings is 1. The van der Waals surface area contributed by atoms with Gasteiger partial charge in [0.2, 0.25) is 0 Å². The molecule has 2 N–H and O–H groups in total. The molecule has 0 bridgehead atoms. The minimum atomic E-state index is 0.876. The van der Waals surface area contributed by atoms with Crippen molar-refractivity contribution in [1.82, 2.24) is 0 Å². The fourth-order valence-electron chi connectivity index (χ4n) is 2.46. The van der Waals surface area contributed by atoms with Gasteiger partial charge in [0.05, 0.1) is 0 Å². The Morgan fingerprint density at radius 3 is 3.06 bits per heavy atom. The van der Waals surface area contributed by atoms with Crippen molar-refractivity contribution in [2.45, 2.75) is 19.4 Å². The highest BCUT2D eigenvalue weighted by molar-refractivity contribution is 7.07. The van der Waals surface area contributed by atoms with Crippen molar-refractivity contribution < 1.29 is 0 Å². The molecule has 1 aliphatic rings. The van der Waals surface area contributed by atoms with E-state index >= 15 is 0 Å². The summed E-state index contributed by atoms with van der Waals surface area (Å²) < 4.78 is 0. The van der Waals surface area contributed by atoms with Gasteiger partial charge in [-0.15, -0.1) is 0 Å². The molecule has 2 heterocycles. The first-order chi connectivity index (χ1) is 8.33. The predicted molar refractivity (Wildman–Crippen MR) is 74.5 cm³/mol. The molecule has 0 radical (unpaired) electrons. The number of nitrogen functional groups attached to an aromatic ring is 1. The summed E-state index contributed by atoms with van der Waals surface area (Å²) in [6.07, 6.45) is 2.38. The van der Waals surface area contributed by atoms with Crippen LogP contribution in [0.1, 0.15) is 17.5 Å². The lowest BCUT2D eigenvalue weighted by Gasteiger charge is -2.31. The van der Waals surface area contributed by atoms with E-state index in [0.717, 1.165) is 25.2 Å². The molecule has 3 rings (SSSR count). The molecule has 0 spiro atoms.